The van der Waals surface area contributed by atoms with Gasteiger partial charge >= 0.3 is 5.97 Å². The number of hydrogen-bond donors (Lipinski definition) is 0. The van der Waals surface area contributed by atoms with E-state index in [1.165, 1.54) is 30.6 Å². The fourth-order valence-electron chi connectivity index (χ4n) is 7.48. The number of hydrogen-bond acceptors (Lipinski definition) is 3. The molecule has 7 atom stereocenters. The topological polar surface area (TPSA) is 26.3 Å². The average molecular weight is 383 g/mol. The Kier molecular flexibility index (Phi) is 4.42. The average Bonchev–Trinajstić information content (AvgIpc) is 3.02. The Balaban J connectivity index is 1.53. The molecule has 1 spiro atoms. The number of ether oxygens (including phenoxy) is 1. The van der Waals surface area contributed by atoms with Crippen molar-refractivity contribution in [2.75, 3.05) is 0 Å². The van der Waals surface area contributed by atoms with Gasteiger partial charge in [-0.1, -0.05) is 43.0 Å². The molecule has 0 N–H and O–H groups in total. The normalized spacial score (nSPS) is 42.2. The van der Waals surface area contributed by atoms with Gasteiger partial charge in [0.1, 0.15) is 6.10 Å². The third-order valence-corrected chi connectivity index (χ3v) is 9.16. The van der Waals surface area contributed by atoms with Crippen molar-refractivity contribution in [2.24, 2.45) is 35.0 Å². The molecule has 3 fully saturated rings. The largest absolute Gasteiger partial charge is 0.462 e. The van der Waals surface area contributed by atoms with E-state index in [1.807, 2.05) is 11.8 Å². The van der Waals surface area contributed by atoms with Crippen LogP contribution in [0.3, 0.4) is 0 Å². The van der Waals surface area contributed by atoms with Gasteiger partial charge in [0, 0.05) is 17.7 Å². The molecule has 27 heavy (non-hydrogen) atoms. The van der Waals surface area contributed by atoms with Gasteiger partial charge in [-0.05, 0) is 84.6 Å². The number of esters is 1. The summed E-state index contributed by atoms with van der Waals surface area (Å²) in [5.41, 5.74) is 0.368. The summed E-state index contributed by atoms with van der Waals surface area (Å²) in [5, 5.41) is 0. The summed E-state index contributed by atoms with van der Waals surface area (Å²) in [4.78, 5) is 14.8. The Bertz CT molecular complexity index is 757. The molecule has 0 aliphatic heterocycles. The van der Waals surface area contributed by atoms with Crippen LogP contribution in [0.1, 0.15) is 52.4 Å². The summed E-state index contributed by atoms with van der Waals surface area (Å²) in [5.74, 6) is 3.49. The maximum Gasteiger partial charge on any atom is 0.302 e. The lowest BCUT2D eigenvalue weighted by Crippen LogP contribution is -2.57. The Morgan fingerprint density at radius 1 is 1.15 bits per heavy atom. The number of carbonyl (C=O) groups is 1. The number of allylic oxidation sites excluding steroid dienone is 2. The minimum absolute atomic E-state index is 0.0936. The minimum atomic E-state index is -0.0936. The van der Waals surface area contributed by atoms with Gasteiger partial charge in [0.15, 0.2) is 0 Å². The van der Waals surface area contributed by atoms with E-state index in [1.54, 1.807) is 11.8 Å². The Labute approximate surface area is 167 Å². The maximum atomic E-state index is 11.8. The van der Waals surface area contributed by atoms with Crippen LogP contribution < -0.4 is 0 Å². The lowest BCUT2D eigenvalue weighted by Gasteiger charge is -2.61. The van der Waals surface area contributed by atoms with Crippen molar-refractivity contribution in [3.8, 4) is 0 Å². The molecule has 0 unspecified atom stereocenters. The highest BCUT2D eigenvalue weighted by atomic mass is 32.2. The second-order valence-electron chi connectivity index (χ2n) is 9.40. The molecule has 3 heteroatoms. The van der Waals surface area contributed by atoms with Gasteiger partial charge in [0.05, 0.1) is 0 Å². The molecule has 1 aromatic rings. The van der Waals surface area contributed by atoms with E-state index in [2.05, 4.69) is 43.3 Å². The fourth-order valence-corrected chi connectivity index (χ4v) is 8.70. The van der Waals surface area contributed by atoms with Crippen LogP contribution in [0.2, 0.25) is 0 Å². The predicted molar refractivity (Wildman–Crippen MR) is 109 cm³/mol. The zero-order chi connectivity index (χ0) is 18.6. The summed E-state index contributed by atoms with van der Waals surface area (Å²) in [6.07, 6.45) is 10.2. The quantitative estimate of drug-likeness (QED) is 0.593. The third-order valence-electron chi connectivity index (χ3n) is 7.97. The van der Waals surface area contributed by atoms with Crippen molar-refractivity contribution in [3.05, 3.63) is 41.3 Å². The first-order valence-electron chi connectivity index (χ1n) is 10.7. The van der Waals surface area contributed by atoms with Gasteiger partial charge < -0.3 is 4.74 Å². The number of thioether (sulfide) groups is 1. The van der Waals surface area contributed by atoms with Crippen LogP contribution in [-0.2, 0) is 9.53 Å². The molecule has 1 aromatic carbocycles. The van der Waals surface area contributed by atoms with Crippen LogP contribution in [0.15, 0.2) is 46.2 Å². The zero-order valence-electron chi connectivity index (χ0n) is 16.4. The van der Waals surface area contributed by atoms with Gasteiger partial charge in [-0.2, -0.15) is 0 Å². The Morgan fingerprint density at radius 3 is 2.74 bits per heavy atom. The Hall–Kier alpha value is -1.22. The summed E-state index contributed by atoms with van der Waals surface area (Å²) in [6.45, 7) is 4.04. The Morgan fingerprint density at radius 2 is 1.96 bits per heavy atom. The van der Waals surface area contributed by atoms with Gasteiger partial charge in [0.25, 0.3) is 0 Å². The third kappa shape index (κ3) is 2.80. The molecule has 0 saturated heterocycles. The molecule has 4 aliphatic rings. The highest BCUT2D eigenvalue weighted by molar-refractivity contribution is 8.03. The second kappa shape index (κ2) is 6.69. The summed E-state index contributed by atoms with van der Waals surface area (Å²) in [7, 11) is 0. The summed E-state index contributed by atoms with van der Waals surface area (Å²) < 4.78 is 5.93. The van der Waals surface area contributed by atoms with Gasteiger partial charge in [-0.15, -0.1) is 0 Å². The molecule has 0 radical (unpaired) electrons. The number of benzene rings is 1. The van der Waals surface area contributed by atoms with Crippen molar-refractivity contribution >= 4 is 17.7 Å². The monoisotopic (exact) mass is 382 g/mol. The molecular formula is C24H30O2S. The van der Waals surface area contributed by atoms with Crippen molar-refractivity contribution < 1.29 is 9.53 Å². The first-order chi connectivity index (χ1) is 13.1. The summed E-state index contributed by atoms with van der Waals surface area (Å²) >= 11 is 1.99. The van der Waals surface area contributed by atoms with Crippen LogP contribution in [0.5, 0.6) is 0 Å². The molecular weight excluding hydrogens is 352 g/mol. The van der Waals surface area contributed by atoms with E-state index in [-0.39, 0.29) is 12.1 Å². The van der Waals surface area contributed by atoms with Crippen LogP contribution in [0.25, 0.3) is 0 Å². The number of rotatable bonds is 3. The molecule has 2 nitrogen and oxygen atoms in total. The molecule has 4 aliphatic carbocycles. The molecule has 0 aromatic heterocycles. The minimum Gasteiger partial charge on any atom is -0.462 e. The van der Waals surface area contributed by atoms with Crippen molar-refractivity contribution in [1.82, 2.24) is 0 Å². The van der Waals surface area contributed by atoms with E-state index < -0.39 is 0 Å². The fraction of sp³-hybridized carbons (Fsp3) is 0.625. The van der Waals surface area contributed by atoms with Crippen molar-refractivity contribution in [3.63, 3.8) is 0 Å². The van der Waals surface area contributed by atoms with E-state index in [0.29, 0.717) is 17.3 Å². The van der Waals surface area contributed by atoms with Crippen molar-refractivity contribution in [2.45, 2.75) is 63.4 Å². The standard InChI is InChI=1S/C24H30O2S/c1-15-12-17-13-22(26-16(2)25)20-10-11-23(27-18-6-4-3-5-7-18)21-9-8-19(17)24(20,21)14-15/h3-7,11,15,17,19-22H,8-10,12-14H2,1-2H3/t15-,17+,19-,20-,21+,22-,24-/m1/s1. The van der Waals surface area contributed by atoms with E-state index in [0.717, 1.165) is 30.6 Å². The zero-order valence-corrected chi connectivity index (χ0v) is 17.2. The lowest BCUT2D eigenvalue weighted by molar-refractivity contribution is -0.176. The molecule has 144 valence electrons. The molecule has 5 rings (SSSR count). The maximum absolute atomic E-state index is 11.8. The van der Waals surface area contributed by atoms with Crippen LogP contribution in [0, 0.1) is 35.0 Å². The van der Waals surface area contributed by atoms with Crippen LogP contribution in [0.4, 0.5) is 0 Å². The van der Waals surface area contributed by atoms with Gasteiger partial charge in [-0.3, -0.25) is 4.79 Å². The first-order valence-corrected chi connectivity index (χ1v) is 11.5. The molecule has 0 amide bonds. The predicted octanol–water partition coefficient (Wildman–Crippen LogP) is 6.08. The van der Waals surface area contributed by atoms with Crippen LogP contribution >= 0.6 is 11.8 Å². The van der Waals surface area contributed by atoms with Gasteiger partial charge in [-0.25, -0.2) is 0 Å². The number of carbonyl (C=O) groups excluding carboxylic acids is 1. The van der Waals surface area contributed by atoms with Crippen LogP contribution in [-0.4, -0.2) is 12.1 Å². The highest BCUT2D eigenvalue weighted by Crippen LogP contribution is 2.71. The first kappa shape index (κ1) is 17.8. The highest BCUT2D eigenvalue weighted by Gasteiger charge is 2.65. The molecule has 3 saturated carbocycles. The SMILES string of the molecule is CC(=O)O[C@@H]1C[C@@H]2C[C@@H](C)C[C@]34[C@@H]2CC[C@H]3C(Sc2ccccc2)=CC[C@H]14. The van der Waals surface area contributed by atoms with E-state index in [4.69, 9.17) is 4.74 Å². The smallest absolute Gasteiger partial charge is 0.302 e. The second-order valence-corrected chi connectivity index (χ2v) is 10.5. The van der Waals surface area contributed by atoms with E-state index >= 15 is 0 Å². The van der Waals surface area contributed by atoms with Crippen molar-refractivity contribution in [1.29, 1.82) is 0 Å². The molecule has 0 heterocycles. The van der Waals surface area contributed by atoms with E-state index in [9.17, 15) is 4.79 Å². The lowest BCUT2D eigenvalue weighted by atomic mass is 9.45. The van der Waals surface area contributed by atoms with Gasteiger partial charge in [0.2, 0.25) is 0 Å². The summed E-state index contributed by atoms with van der Waals surface area (Å²) in [6, 6.07) is 10.8. The molecule has 2 bridgehead atoms.